The van der Waals surface area contributed by atoms with Crippen molar-refractivity contribution in [2.45, 2.75) is 0 Å². The molecule has 2 aromatic rings. The third-order valence-electron chi connectivity index (χ3n) is 2.71. The number of oxime groups is 1. The fourth-order valence-corrected chi connectivity index (χ4v) is 2.15. The van der Waals surface area contributed by atoms with E-state index in [2.05, 4.69) is 26.4 Å². The van der Waals surface area contributed by atoms with Crippen molar-refractivity contribution in [3.8, 4) is 0 Å². The standard InChI is InChI=1S/C14H11BrClN3O2/c15-11-7-10(4-5-12(11)16)18-14(20)9-3-1-2-8(6-9)13(17)19-21/h1-7,21H,(H2,17,19)(H,18,20). The lowest BCUT2D eigenvalue weighted by molar-refractivity contribution is 0.102. The second-order valence-electron chi connectivity index (χ2n) is 4.15. The number of carbonyl (C=O) groups excluding carboxylic acids is 1. The highest BCUT2D eigenvalue weighted by Gasteiger charge is 2.09. The Morgan fingerprint density at radius 2 is 1.95 bits per heavy atom. The minimum atomic E-state index is -0.309. The highest BCUT2D eigenvalue weighted by molar-refractivity contribution is 9.10. The molecule has 0 aliphatic rings. The molecule has 0 bridgehead atoms. The van der Waals surface area contributed by atoms with Crippen molar-refractivity contribution in [2.24, 2.45) is 10.9 Å². The zero-order valence-corrected chi connectivity index (χ0v) is 13.0. The number of benzene rings is 2. The number of halogens is 2. The van der Waals surface area contributed by atoms with Crippen molar-refractivity contribution in [1.82, 2.24) is 0 Å². The van der Waals surface area contributed by atoms with Crippen LogP contribution in [0.4, 0.5) is 5.69 Å². The van der Waals surface area contributed by atoms with Crippen LogP contribution >= 0.6 is 27.5 Å². The van der Waals surface area contributed by atoms with Gasteiger partial charge in [-0.2, -0.15) is 0 Å². The Kier molecular flexibility index (Phi) is 4.82. The second-order valence-corrected chi connectivity index (χ2v) is 5.41. The van der Waals surface area contributed by atoms with Crippen LogP contribution in [0.1, 0.15) is 15.9 Å². The summed E-state index contributed by atoms with van der Waals surface area (Å²) in [5, 5.41) is 14.9. The first-order valence-corrected chi connectivity index (χ1v) is 7.02. The zero-order valence-electron chi connectivity index (χ0n) is 10.7. The van der Waals surface area contributed by atoms with Gasteiger partial charge in [0.2, 0.25) is 0 Å². The summed E-state index contributed by atoms with van der Waals surface area (Å²) in [7, 11) is 0. The molecule has 0 atom stereocenters. The van der Waals surface area contributed by atoms with Crippen LogP contribution in [0.25, 0.3) is 0 Å². The van der Waals surface area contributed by atoms with E-state index < -0.39 is 0 Å². The summed E-state index contributed by atoms with van der Waals surface area (Å²) in [6.45, 7) is 0. The molecule has 7 heteroatoms. The summed E-state index contributed by atoms with van der Waals surface area (Å²) >= 11 is 9.18. The van der Waals surface area contributed by atoms with Crippen LogP contribution in [0.3, 0.4) is 0 Å². The van der Waals surface area contributed by atoms with E-state index in [0.29, 0.717) is 26.3 Å². The first-order chi connectivity index (χ1) is 10.0. The van der Waals surface area contributed by atoms with E-state index in [4.69, 9.17) is 22.5 Å². The molecule has 0 aromatic heterocycles. The molecule has 0 saturated carbocycles. The van der Waals surface area contributed by atoms with E-state index in [1.807, 2.05) is 0 Å². The second kappa shape index (κ2) is 6.60. The normalized spacial score (nSPS) is 11.2. The van der Waals surface area contributed by atoms with Crippen molar-refractivity contribution in [3.05, 3.63) is 63.1 Å². The van der Waals surface area contributed by atoms with Gasteiger partial charge in [-0.15, -0.1) is 0 Å². The molecule has 0 fully saturated rings. The van der Waals surface area contributed by atoms with Crippen molar-refractivity contribution in [2.75, 3.05) is 5.32 Å². The van der Waals surface area contributed by atoms with Crippen LogP contribution in [0.15, 0.2) is 52.1 Å². The molecule has 21 heavy (non-hydrogen) atoms. The largest absolute Gasteiger partial charge is 0.409 e. The minimum Gasteiger partial charge on any atom is -0.409 e. The predicted octanol–water partition coefficient (Wildman–Crippen LogP) is 3.45. The number of rotatable bonds is 3. The van der Waals surface area contributed by atoms with Gasteiger partial charge in [0.05, 0.1) is 5.02 Å². The number of hydrogen-bond donors (Lipinski definition) is 3. The van der Waals surface area contributed by atoms with Gasteiger partial charge in [-0.1, -0.05) is 28.9 Å². The molecule has 0 radical (unpaired) electrons. The van der Waals surface area contributed by atoms with Gasteiger partial charge in [-0.05, 0) is 46.3 Å². The maximum Gasteiger partial charge on any atom is 0.255 e. The third kappa shape index (κ3) is 3.74. The Morgan fingerprint density at radius 1 is 1.24 bits per heavy atom. The lowest BCUT2D eigenvalue weighted by Crippen LogP contribution is -2.16. The fourth-order valence-electron chi connectivity index (χ4n) is 1.65. The van der Waals surface area contributed by atoms with Gasteiger partial charge in [-0.25, -0.2) is 0 Å². The fraction of sp³-hybridized carbons (Fsp3) is 0. The molecule has 0 heterocycles. The van der Waals surface area contributed by atoms with Crippen molar-refractivity contribution in [1.29, 1.82) is 0 Å². The highest BCUT2D eigenvalue weighted by Crippen LogP contribution is 2.25. The maximum absolute atomic E-state index is 12.2. The molecule has 0 aliphatic carbocycles. The van der Waals surface area contributed by atoms with E-state index in [1.54, 1.807) is 36.4 Å². The quantitative estimate of drug-likeness (QED) is 0.335. The first-order valence-electron chi connectivity index (χ1n) is 5.85. The lowest BCUT2D eigenvalue weighted by Gasteiger charge is -2.07. The Labute approximate surface area is 134 Å². The zero-order chi connectivity index (χ0) is 15.4. The van der Waals surface area contributed by atoms with Gasteiger partial charge in [-0.3, -0.25) is 4.79 Å². The SMILES string of the molecule is N/C(=N/O)c1cccc(C(=O)Nc2ccc(Cl)c(Br)c2)c1. The Balaban J connectivity index is 2.22. The van der Waals surface area contributed by atoms with Gasteiger partial charge in [0.15, 0.2) is 5.84 Å². The van der Waals surface area contributed by atoms with Crippen LogP contribution in [0.5, 0.6) is 0 Å². The van der Waals surface area contributed by atoms with Crippen LogP contribution in [0, 0.1) is 0 Å². The number of nitrogens with one attached hydrogen (secondary N) is 1. The lowest BCUT2D eigenvalue weighted by atomic mass is 10.1. The predicted molar refractivity (Wildman–Crippen MR) is 86.1 cm³/mol. The van der Waals surface area contributed by atoms with Crippen LogP contribution in [0.2, 0.25) is 5.02 Å². The highest BCUT2D eigenvalue weighted by atomic mass is 79.9. The summed E-state index contributed by atoms with van der Waals surface area (Å²) in [5.41, 5.74) is 6.96. The van der Waals surface area contributed by atoms with Crippen LogP contribution in [-0.4, -0.2) is 17.0 Å². The average molecular weight is 369 g/mol. The molecule has 4 N–H and O–H groups in total. The molecule has 2 aromatic carbocycles. The molecular formula is C14H11BrClN3O2. The number of amidine groups is 1. The van der Waals surface area contributed by atoms with E-state index in [-0.39, 0.29) is 11.7 Å². The number of amides is 1. The van der Waals surface area contributed by atoms with Crippen molar-refractivity contribution >= 4 is 45.0 Å². The molecule has 2 rings (SSSR count). The minimum absolute atomic E-state index is 0.0566. The van der Waals surface area contributed by atoms with E-state index in [0.717, 1.165) is 0 Å². The number of nitrogens with zero attached hydrogens (tertiary/aromatic N) is 1. The molecule has 0 spiro atoms. The number of hydrogen-bond acceptors (Lipinski definition) is 3. The topological polar surface area (TPSA) is 87.7 Å². The van der Waals surface area contributed by atoms with Crippen LogP contribution < -0.4 is 11.1 Å². The molecule has 5 nitrogen and oxygen atoms in total. The summed E-state index contributed by atoms with van der Waals surface area (Å²) in [4.78, 5) is 12.2. The summed E-state index contributed by atoms with van der Waals surface area (Å²) in [5.74, 6) is -0.365. The molecule has 0 aliphatic heterocycles. The van der Waals surface area contributed by atoms with Gasteiger partial charge >= 0.3 is 0 Å². The smallest absolute Gasteiger partial charge is 0.255 e. The van der Waals surface area contributed by atoms with Crippen LogP contribution in [-0.2, 0) is 0 Å². The average Bonchev–Trinajstić information content (AvgIpc) is 2.50. The third-order valence-corrected chi connectivity index (χ3v) is 3.92. The van der Waals surface area contributed by atoms with Gasteiger partial charge in [0.1, 0.15) is 0 Å². The molecule has 0 saturated heterocycles. The van der Waals surface area contributed by atoms with Gasteiger partial charge in [0, 0.05) is 21.3 Å². The molecule has 1 amide bonds. The number of carbonyl (C=O) groups is 1. The summed E-state index contributed by atoms with van der Waals surface area (Å²) in [6.07, 6.45) is 0. The maximum atomic E-state index is 12.2. The summed E-state index contributed by atoms with van der Waals surface area (Å²) in [6, 6.07) is 11.5. The van der Waals surface area contributed by atoms with E-state index in [9.17, 15) is 4.79 Å². The Hall–Kier alpha value is -2.05. The van der Waals surface area contributed by atoms with Gasteiger partial charge in [0.25, 0.3) is 5.91 Å². The monoisotopic (exact) mass is 367 g/mol. The van der Waals surface area contributed by atoms with Gasteiger partial charge < -0.3 is 16.3 Å². The Morgan fingerprint density at radius 3 is 2.62 bits per heavy atom. The summed E-state index contributed by atoms with van der Waals surface area (Å²) < 4.78 is 0.687. The molecule has 108 valence electrons. The Bertz CT molecular complexity index is 719. The first kappa shape index (κ1) is 15.3. The molecular weight excluding hydrogens is 358 g/mol. The van der Waals surface area contributed by atoms with Crippen molar-refractivity contribution in [3.63, 3.8) is 0 Å². The van der Waals surface area contributed by atoms with E-state index >= 15 is 0 Å². The number of nitrogens with two attached hydrogens (primary N) is 1. The van der Waals surface area contributed by atoms with Crippen molar-refractivity contribution < 1.29 is 10.0 Å². The van der Waals surface area contributed by atoms with E-state index in [1.165, 1.54) is 6.07 Å². The molecule has 0 unspecified atom stereocenters. The number of anilines is 1.